The second-order valence-corrected chi connectivity index (χ2v) is 3.80. The fraction of sp³-hybridized carbons (Fsp3) is 0.455. The minimum atomic E-state index is -5.06. The molecule has 0 N–H and O–H groups in total. The zero-order chi connectivity index (χ0) is 15.3. The number of hydrogen-bond donors (Lipinski definition) is 0. The third-order valence-corrected chi connectivity index (χ3v) is 2.28. The molecule has 0 atom stereocenters. The SMILES string of the molecule is CCOC(=O)Cc1cc(F)c(OC(F)(F)F)c(CCl)n1. The van der Waals surface area contributed by atoms with Gasteiger partial charge in [-0.1, -0.05) is 0 Å². The lowest BCUT2D eigenvalue weighted by molar-refractivity contribution is -0.276. The maximum Gasteiger partial charge on any atom is 0.573 e. The van der Waals surface area contributed by atoms with Gasteiger partial charge < -0.3 is 9.47 Å². The Morgan fingerprint density at radius 2 is 2.10 bits per heavy atom. The van der Waals surface area contributed by atoms with E-state index in [0.29, 0.717) is 6.07 Å². The van der Waals surface area contributed by atoms with Crippen molar-refractivity contribution in [1.82, 2.24) is 4.98 Å². The smallest absolute Gasteiger partial charge is 0.466 e. The largest absolute Gasteiger partial charge is 0.573 e. The first-order chi connectivity index (χ1) is 9.26. The zero-order valence-electron chi connectivity index (χ0n) is 10.3. The Bertz CT molecular complexity index is 493. The quantitative estimate of drug-likeness (QED) is 0.476. The van der Waals surface area contributed by atoms with Crippen molar-refractivity contribution in [2.45, 2.75) is 25.6 Å². The van der Waals surface area contributed by atoms with Gasteiger partial charge in [-0.25, -0.2) is 4.39 Å². The second-order valence-electron chi connectivity index (χ2n) is 3.53. The van der Waals surface area contributed by atoms with Crippen LogP contribution in [0.15, 0.2) is 6.07 Å². The molecule has 0 saturated heterocycles. The first-order valence-corrected chi connectivity index (χ1v) is 5.96. The number of pyridine rings is 1. The normalized spacial score (nSPS) is 11.3. The molecule has 9 heteroatoms. The highest BCUT2D eigenvalue weighted by Gasteiger charge is 2.34. The van der Waals surface area contributed by atoms with Gasteiger partial charge in [0.25, 0.3) is 0 Å². The monoisotopic (exact) mass is 315 g/mol. The van der Waals surface area contributed by atoms with Crippen molar-refractivity contribution in [2.24, 2.45) is 0 Å². The van der Waals surface area contributed by atoms with Gasteiger partial charge in [-0.15, -0.1) is 24.8 Å². The summed E-state index contributed by atoms with van der Waals surface area (Å²) in [4.78, 5) is 14.9. The van der Waals surface area contributed by atoms with Crippen molar-refractivity contribution in [3.63, 3.8) is 0 Å². The van der Waals surface area contributed by atoms with E-state index < -0.39 is 35.5 Å². The van der Waals surface area contributed by atoms with Gasteiger partial charge in [0, 0.05) is 0 Å². The molecule has 1 aromatic heterocycles. The lowest BCUT2D eigenvalue weighted by Crippen LogP contribution is -2.20. The van der Waals surface area contributed by atoms with Crippen molar-refractivity contribution in [3.05, 3.63) is 23.3 Å². The van der Waals surface area contributed by atoms with Crippen LogP contribution in [0.3, 0.4) is 0 Å². The van der Waals surface area contributed by atoms with E-state index in [1.807, 2.05) is 0 Å². The Balaban J connectivity index is 3.04. The Kier molecular flexibility index (Phi) is 5.55. The molecule has 0 aliphatic carbocycles. The van der Waals surface area contributed by atoms with Crippen molar-refractivity contribution in [2.75, 3.05) is 6.61 Å². The Morgan fingerprint density at radius 3 is 2.60 bits per heavy atom. The highest BCUT2D eigenvalue weighted by Crippen LogP contribution is 2.29. The molecule has 0 aromatic carbocycles. The average Bonchev–Trinajstić information content (AvgIpc) is 2.31. The summed E-state index contributed by atoms with van der Waals surface area (Å²) in [5.41, 5.74) is -0.533. The molecule has 0 amide bonds. The topological polar surface area (TPSA) is 48.4 Å². The minimum Gasteiger partial charge on any atom is -0.466 e. The summed E-state index contributed by atoms with van der Waals surface area (Å²) in [6, 6.07) is 0.675. The van der Waals surface area contributed by atoms with Gasteiger partial charge in [-0.3, -0.25) is 9.78 Å². The fourth-order valence-corrected chi connectivity index (χ4v) is 1.55. The third kappa shape index (κ3) is 4.84. The van der Waals surface area contributed by atoms with Crippen molar-refractivity contribution >= 4 is 17.6 Å². The van der Waals surface area contributed by atoms with Crippen LogP contribution in [0.4, 0.5) is 17.6 Å². The number of aromatic nitrogens is 1. The summed E-state index contributed by atoms with van der Waals surface area (Å²) >= 11 is 5.41. The van der Waals surface area contributed by atoms with Crippen LogP contribution < -0.4 is 4.74 Å². The molecule has 1 rings (SSSR count). The van der Waals surface area contributed by atoms with Gasteiger partial charge in [0.2, 0.25) is 0 Å². The predicted octanol–water partition coefficient (Wildman–Crippen LogP) is 2.96. The lowest BCUT2D eigenvalue weighted by atomic mass is 10.2. The molecule has 4 nitrogen and oxygen atoms in total. The van der Waals surface area contributed by atoms with Crippen LogP contribution in [0, 0.1) is 5.82 Å². The van der Waals surface area contributed by atoms with Crippen LogP contribution in [0.5, 0.6) is 5.75 Å². The van der Waals surface area contributed by atoms with Crippen molar-refractivity contribution in [1.29, 1.82) is 0 Å². The predicted molar refractivity (Wildman–Crippen MR) is 60.8 cm³/mol. The Hall–Kier alpha value is -1.57. The van der Waals surface area contributed by atoms with Gasteiger partial charge >= 0.3 is 12.3 Å². The van der Waals surface area contributed by atoms with E-state index in [4.69, 9.17) is 11.6 Å². The standard InChI is InChI=1S/C11H10ClF4NO3/c1-2-19-9(18)4-6-3-7(13)10(8(5-12)17-6)20-11(14,15)16/h3H,2,4-5H2,1H3. The molecular weight excluding hydrogens is 306 g/mol. The summed E-state index contributed by atoms with van der Waals surface area (Å²) in [6.45, 7) is 1.70. The highest BCUT2D eigenvalue weighted by molar-refractivity contribution is 6.17. The molecule has 0 bridgehead atoms. The molecular formula is C11H10ClF4NO3. The highest BCUT2D eigenvalue weighted by atomic mass is 35.5. The molecule has 1 aromatic rings. The summed E-state index contributed by atoms with van der Waals surface area (Å²) < 4.78 is 58.1. The van der Waals surface area contributed by atoms with E-state index in [0.717, 1.165) is 0 Å². The number of esters is 1. The van der Waals surface area contributed by atoms with E-state index in [1.54, 1.807) is 6.92 Å². The van der Waals surface area contributed by atoms with Crippen LogP contribution in [0.25, 0.3) is 0 Å². The summed E-state index contributed by atoms with van der Waals surface area (Å²) in [7, 11) is 0. The number of carbonyl (C=O) groups excluding carboxylic acids is 1. The van der Waals surface area contributed by atoms with Crippen LogP contribution in [0.2, 0.25) is 0 Å². The average molecular weight is 316 g/mol. The number of hydrogen-bond acceptors (Lipinski definition) is 4. The lowest BCUT2D eigenvalue weighted by Gasteiger charge is -2.13. The molecule has 1 heterocycles. The fourth-order valence-electron chi connectivity index (χ4n) is 1.37. The molecule has 112 valence electrons. The van der Waals surface area contributed by atoms with Gasteiger partial charge in [0.1, 0.15) is 5.69 Å². The minimum absolute atomic E-state index is 0.0916. The first-order valence-electron chi connectivity index (χ1n) is 5.42. The number of halogens is 5. The molecule has 0 radical (unpaired) electrons. The molecule has 0 unspecified atom stereocenters. The summed E-state index contributed by atoms with van der Waals surface area (Å²) in [6.07, 6.45) is -5.44. The molecule has 0 saturated carbocycles. The molecule has 0 aliphatic rings. The summed E-state index contributed by atoms with van der Waals surface area (Å²) in [5, 5.41) is 0. The van der Waals surface area contributed by atoms with E-state index >= 15 is 0 Å². The zero-order valence-corrected chi connectivity index (χ0v) is 11.0. The van der Waals surface area contributed by atoms with E-state index in [-0.39, 0.29) is 18.7 Å². The molecule has 0 fully saturated rings. The van der Waals surface area contributed by atoms with Crippen molar-refractivity contribution < 1.29 is 31.8 Å². The molecule has 0 aliphatic heterocycles. The maximum atomic E-state index is 13.6. The van der Waals surface area contributed by atoms with Crippen LogP contribution in [-0.2, 0) is 21.8 Å². The number of alkyl halides is 4. The number of ether oxygens (including phenoxy) is 2. The van der Waals surface area contributed by atoms with E-state index in [2.05, 4.69) is 14.5 Å². The first kappa shape index (κ1) is 16.5. The van der Waals surface area contributed by atoms with Gasteiger partial charge in [-0.2, -0.15) is 0 Å². The van der Waals surface area contributed by atoms with Crippen LogP contribution in [0.1, 0.15) is 18.3 Å². The van der Waals surface area contributed by atoms with Crippen LogP contribution in [-0.4, -0.2) is 23.9 Å². The second kappa shape index (κ2) is 6.74. The van der Waals surface area contributed by atoms with Crippen LogP contribution >= 0.6 is 11.6 Å². The Labute approximate surface area is 116 Å². The summed E-state index contributed by atoms with van der Waals surface area (Å²) in [5.74, 6) is -3.57. The van der Waals surface area contributed by atoms with E-state index in [9.17, 15) is 22.4 Å². The molecule has 20 heavy (non-hydrogen) atoms. The molecule has 0 spiro atoms. The third-order valence-electron chi connectivity index (χ3n) is 2.03. The number of rotatable bonds is 5. The van der Waals surface area contributed by atoms with Gasteiger partial charge in [0.15, 0.2) is 11.6 Å². The van der Waals surface area contributed by atoms with Gasteiger partial charge in [-0.05, 0) is 13.0 Å². The van der Waals surface area contributed by atoms with Crippen molar-refractivity contribution in [3.8, 4) is 5.75 Å². The Morgan fingerprint density at radius 1 is 1.45 bits per heavy atom. The maximum absolute atomic E-state index is 13.6. The van der Waals surface area contributed by atoms with Gasteiger partial charge in [0.05, 0.1) is 24.6 Å². The van der Waals surface area contributed by atoms with E-state index in [1.165, 1.54) is 0 Å². The number of nitrogens with zero attached hydrogens (tertiary/aromatic N) is 1. The number of carbonyl (C=O) groups is 1.